The highest BCUT2D eigenvalue weighted by molar-refractivity contribution is 5.78. The van der Waals surface area contributed by atoms with Gasteiger partial charge in [-0.15, -0.1) is 0 Å². The molecular formula is C10H21N3O. The van der Waals surface area contributed by atoms with E-state index in [0.29, 0.717) is 12.6 Å². The Morgan fingerprint density at radius 2 is 2.29 bits per heavy atom. The number of rotatable bonds is 3. The predicted molar refractivity (Wildman–Crippen MR) is 57.2 cm³/mol. The topological polar surface area (TPSA) is 44.4 Å². The normalized spacial score (nSPS) is 23.2. The van der Waals surface area contributed by atoms with Gasteiger partial charge in [0.1, 0.15) is 0 Å². The minimum atomic E-state index is 0.128. The zero-order valence-electron chi connectivity index (χ0n) is 9.18. The van der Waals surface area contributed by atoms with Crippen LogP contribution in [0.2, 0.25) is 0 Å². The third kappa shape index (κ3) is 4.58. The predicted octanol–water partition coefficient (Wildman–Crippen LogP) is -0.194. The van der Waals surface area contributed by atoms with Crippen molar-refractivity contribution in [1.82, 2.24) is 15.5 Å². The smallest absolute Gasteiger partial charge is 0.234 e. The molecule has 0 radical (unpaired) electrons. The average molecular weight is 199 g/mol. The van der Waals surface area contributed by atoms with E-state index in [1.165, 1.54) is 12.8 Å². The van der Waals surface area contributed by atoms with Gasteiger partial charge in [-0.25, -0.2) is 0 Å². The van der Waals surface area contributed by atoms with Crippen molar-refractivity contribution in [3.05, 3.63) is 0 Å². The van der Waals surface area contributed by atoms with E-state index in [2.05, 4.69) is 10.6 Å². The van der Waals surface area contributed by atoms with Crippen LogP contribution in [-0.2, 0) is 4.79 Å². The van der Waals surface area contributed by atoms with Crippen LogP contribution in [0.25, 0.3) is 0 Å². The van der Waals surface area contributed by atoms with E-state index < -0.39 is 0 Å². The first-order valence-corrected chi connectivity index (χ1v) is 5.33. The van der Waals surface area contributed by atoms with Crippen molar-refractivity contribution in [3.8, 4) is 0 Å². The standard InChI is InChI=1S/C10H21N3O/c1-13(2)8-10(14)12-9-5-3-4-6-11-7-9/h9,11H,3-8H2,1-2H3,(H,12,14). The molecule has 0 aromatic rings. The van der Waals surface area contributed by atoms with Crippen LogP contribution >= 0.6 is 0 Å². The van der Waals surface area contributed by atoms with Crippen LogP contribution < -0.4 is 10.6 Å². The van der Waals surface area contributed by atoms with Crippen molar-refractivity contribution in [3.63, 3.8) is 0 Å². The molecule has 0 aliphatic carbocycles. The van der Waals surface area contributed by atoms with Gasteiger partial charge < -0.3 is 15.5 Å². The summed E-state index contributed by atoms with van der Waals surface area (Å²) in [5.74, 6) is 0.128. The summed E-state index contributed by atoms with van der Waals surface area (Å²) in [6.07, 6.45) is 3.53. The molecule has 2 N–H and O–H groups in total. The molecule has 1 atom stereocenters. The lowest BCUT2D eigenvalue weighted by molar-refractivity contribution is -0.122. The van der Waals surface area contributed by atoms with Crippen LogP contribution in [0.15, 0.2) is 0 Å². The summed E-state index contributed by atoms with van der Waals surface area (Å²) >= 11 is 0. The largest absolute Gasteiger partial charge is 0.351 e. The third-order valence-corrected chi connectivity index (χ3v) is 2.37. The van der Waals surface area contributed by atoms with Gasteiger partial charge in [0.05, 0.1) is 6.54 Å². The van der Waals surface area contributed by atoms with E-state index in [0.717, 1.165) is 19.5 Å². The maximum absolute atomic E-state index is 11.5. The van der Waals surface area contributed by atoms with Crippen molar-refractivity contribution < 1.29 is 4.79 Å². The van der Waals surface area contributed by atoms with Crippen LogP contribution in [0.1, 0.15) is 19.3 Å². The fourth-order valence-electron chi connectivity index (χ4n) is 1.70. The molecule has 4 nitrogen and oxygen atoms in total. The summed E-state index contributed by atoms with van der Waals surface area (Å²) in [5.41, 5.74) is 0. The Bertz CT molecular complexity index is 174. The fraction of sp³-hybridized carbons (Fsp3) is 0.900. The van der Waals surface area contributed by atoms with Gasteiger partial charge in [0.15, 0.2) is 0 Å². The first-order valence-electron chi connectivity index (χ1n) is 5.33. The van der Waals surface area contributed by atoms with E-state index in [9.17, 15) is 4.79 Å². The number of carbonyl (C=O) groups excluding carboxylic acids is 1. The summed E-state index contributed by atoms with van der Waals surface area (Å²) < 4.78 is 0. The van der Waals surface area contributed by atoms with Gasteiger partial charge in [-0.2, -0.15) is 0 Å². The van der Waals surface area contributed by atoms with Gasteiger partial charge in [-0.05, 0) is 33.5 Å². The molecule has 1 heterocycles. The third-order valence-electron chi connectivity index (χ3n) is 2.37. The molecule has 1 aliphatic heterocycles. The first kappa shape index (κ1) is 11.5. The Morgan fingerprint density at radius 1 is 1.50 bits per heavy atom. The Hall–Kier alpha value is -0.610. The summed E-state index contributed by atoms with van der Waals surface area (Å²) in [7, 11) is 3.82. The zero-order valence-corrected chi connectivity index (χ0v) is 9.18. The Balaban J connectivity index is 2.23. The molecule has 0 aromatic carbocycles. The molecule has 0 bridgehead atoms. The Morgan fingerprint density at radius 3 is 3.00 bits per heavy atom. The molecular weight excluding hydrogens is 178 g/mol. The van der Waals surface area contributed by atoms with E-state index in [4.69, 9.17) is 0 Å². The van der Waals surface area contributed by atoms with E-state index in [1.54, 1.807) is 0 Å². The molecule has 1 unspecified atom stereocenters. The maximum atomic E-state index is 11.5. The molecule has 0 saturated carbocycles. The average Bonchev–Trinajstić information content (AvgIpc) is 2.31. The van der Waals surface area contributed by atoms with Crippen molar-refractivity contribution in [2.45, 2.75) is 25.3 Å². The maximum Gasteiger partial charge on any atom is 0.234 e. The van der Waals surface area contributed by atoms with Gasteiger partial charge in [-0.3, -0.25) is 4.79 Å². The molecule has 4 heteroatoms. The molecule has 0 spiro atoms. The van der Waals surface area contributed by atoms with E-state index in [-0.39, 0.29) is 5.91 Å². The quantitative estimate of drug-likeness (QED) is 0.662. The monoisotopic (exact) mass is 199 g/mol. The van der Waals surface area contributed by atoms with Crippen LogP contribution in [0, 0.1) is 0 Å². The number of nitrogens with zero attached hydrogens (tertiary/aromatic N) is 1. The fourth-order valence-corrected chi connectivity index (χ4v) is 1.70. The number of likely N-dealkylation sites (N-methyl/N-ethyl adjacent to an activating group) is 1. The molecule has 82 valence electrons. The van der Waals surface area contributed by atoms with Crippen molar-refractivity contribution in [2.75, 3.05) is 33.7 Å². The van der Waals surface area contributed by atoms with Crippen LogP contribution in [0.5, 0.6) is 0 Å². The second-order valence-corrected chi connectivity index (χ2v) is 4.20. The van der Waals surface area contributed by atoms with Crippen molar-refractivity contribution in [2.24, 2.45) is 0 Å². The lowest BCUT2D eigenvalue weighted by Crippen LogP contribution is -2.44. The zero-order chi connectivity index (χ0) is 10.4. The van der Waals surface area contributed by atoms with Crippen molar-refractivity contribution >= 4 is 5.91 Å². The molecule has 1 saturated heterocycles. The lowest BCUT2D eigenvalue weighted by Gasteiger charge is -2.17. The SMILES string of the molecule is CN(C)CC(=O)NC1CCCCNC1. The summed E-state index contributed by atoms with van der Waals surface area (Å²) in [6.45, 7) is 2.48. The van der Waals surface area contributed by atoms with E-state index >= 15 is 0 Å². The second-order valence-electron chi connectivity index (χ2n) is 4.20. The van der Waals surface area contributed by atoms with Crippen LogP contribution in [0.3, 0.4) is 0 Å². The Labute approximate surface area is 86.0 Å². The highest BCUT2D eigenvalue weighted by atomic mass is 16.2. The number of amides is 1. The van der Waals surface area contributed by atoms with Crippen molar-refractivity contribution in [1.29, 1.82) is 0 Å². The van der Waals surface area contributed by atoms with Gasteiger partial charge in [0.25, 0.3) is 0 Å². The summed E-state index contributed by atoms with van der Waals surface area (Å²) in [5, 5.41) is 6.37. The first-order chi connectivity index (χ1) is 6.68. The lowest BCUT2D eigenvalue weighted by atomic mass is 10.1. The minimum absolute atomic E-state index is 0.128. The van der Waals surface area contributed by atoms with E-state index in [1.807, 2.05) is 19.0 Å². The molecule has 1 amide bonds. The number of hydrogen-bond donors (Lipinski definition) is 2. The highest BCUT2D eigenvalue weighted by Crippen LogP contribution is 2.03. The molecule has 14 heavy (non-hydrogen) atoms. The molecule has 0 aromatic heterocycles. The summed E-state index contributed by atoms with van der Waals surface area (Å²) in [4.78, 5) is 13.3. The highest BCUT2D eigenvalue weighted by Gasteiger charge is 2.14. The van der Waals surface area contributed by atoms with Crippen LogP contribution in [-0.4, -0.2) is 50.6 Å². The number of hydrogen-bond acceptors (Lipinski definition) is 3. The van der Waals surface area contributed by atoms with Gasteiger partial charge in [0.2, 0.25) is 5.91 Å². The molecule has 1 fully saturated rings. The second kappa shape index (κ2) is 5.98. The Kier molecular flexibility index (Phi) is 4.90. The number of nitrogens with one attached hydrogen (secondary N) is 2. The molecule has 1 aliphatic rings. The minimum Gasteiger partial charge on any atom is -0.351 e. The van der Waals surface area contributed by atoms with Crippen LogP contribution in [0.4, 0.5) is 0 Å². The summed E-state index contributed by atoms with van der Waals surface area (Å²) in [6, 6.07) is 0.324. The molecule has 1 rings (SSSR count). The number of carbonyl (C=O) groups is 1. The van der Waals surface area contributed by atoms with Gasteiger partial charge in [-0.1, -0.05) is 6.42 Å². The van der Waals surface area contributed by atoms with Gasteiger partial charge >= 0.3 is 0 Å². The van der Waals surface area contributed by atoms with Gasteiger partial charge in [0, 0.05) is 12.6 Å².